The maximum absolute atomic E-state index is 3.85. The van der Waals surface area contributed by atoms with Crippen LogP contribution in [0.4, 0.5) is 0 Å². The lowest BCUT2D eigenvalue weighted by molar-refractivity contribution is 0.743. The zero-order chi connectivity index (χ0) is 7.82. The van der Waals surface area contributed by atoms with Gasteiger partial charge in [-0.3, -0.25) is 0 Å². The lowest BCUT2D eigenvalue weighted by atomic mass is 10.1. The highest BCUT2D eigenvalue weighted by Crippen LogP contribution is 2.05. The van der Waals surface area contributed by atoms with Crippen LogP contribution in [-0.2, 0) is 0 Å². The van der Waals surface area contributed by atoms with Gasteiger partial charge in [-0.15, -0.1) is 6.58 Å². The van der Waals surface area contributed by atoms with Crippen LogP contribution in [0.5, 0.6) is 0 Å². The van der Waals surface area contributed by atoms with Crippen LogP contribution in [0, 0.1) is 0 Å². The van der Waals surface area contributed by atoms with Crippen molar-refractivity contribution in [3.8, 4) is 0 Å². The van der Waals surface area contributed by atoms with Gasteiger partial charge in [0.05, 0.1) is 0 Å². The molecule has 0 heterocycles. The molecule has 0 unspecified atom stereocenters. The van der Waals surface area contributed by atoms with Crippen LogP contribution in [0.15, 0.2) is 24.3 Å². The predicted octanol–water partition coefficient (Wildman–Crippen LogP) is 3.70. The van der Waals surface area contributed by atoms with Crippen LogP contribution >= 0.6 is 0 Å². The Balaban J connectivity index is 2.98. The van der Waals surface area contributed by atoms with Crippen molar-refractivity contribution in [2.45, 2.75) is 39.5 Å². The molecule has 0 rings (SSSR count). The second kappa shape index (κ2) is 6.60. The smallest absolute Gasteiger partial charge is 0.0326 e. The van der Waals surface area contributed by atoms with E-state index < -0.39 is 0 Å². The predicted molar refractivity (Wildman–Crippen MR) is 48.1 cm³/mol. The first kappa shape index (κ1) is 9.48. The van der Waals surface area contributed by atoms with Gasteiger partial charge < -0.3 is 0 Å². The molecule has 0 aliphatic rings. The van der Waals surface area contributed by atoms with Crippen LogP contribution in [0.3, 0.4) is 0 Å². The normalized spacial score (nSPS) is 10.6. The van der Waals surface area contributed by atoms with E-state index in [-0.39, 0.29) is 0 Å². The maximum atomic E-state index is 3.85. The average Bonchev–Trinajstić information content (AvgIpc) is 1.87. The molecule has 0 amide bonds. The Hall–Kier alpha value is -0.520. The minimum atomic E-state index is 1.19. The van der Waals surface area contributed by atoms with Gasteiger partial charge in [0.15, 0.2) is 0 Å². The van der Waals surface area contributed by atoms with Crippen LogP contribution in [-0.4, -0.2) is 0 Å². The third-order valence-electron chi connectivity index (χ3n) is 1.46. The molecule has 0 bridgehead atoms. The summed E-state index contributed by atoms with van der Waals surface area (Å²) in [6.07, 6.45) is 9.34. The van der Waals surface area contributed by atoms with Gasteiger partial charge in [0.1, 0.15) is 0 Å². The summed E-state index contributed by atoms with van der Waals surface area (Å²) in [5.74, 6) is 0. The first-order valence-electron chi connectivity index (χ1n) is 4.03. The van der Waals surface area contributed by atoms with Crippen LogP contribution in [0.2, 0.25) is 0 Å². The highest BCUT2D eigenvalue weighted by molar-refractivity contribution is 4.87. The number of hydrogen-bond donors (Lipinski definition) is 0. The molecule has 0 N–H and O–H groups in total. The lowest BCUT2D eigenvalue weighted by Crippen LogP contribution is -1.75. The molecule has 0 aromatic carbocycles. The Morgan fingerprint density at radius 2 is 2.10 bits per heavy atom. The first-order valence-corrected chi connectivity index (χ1v) is 4.03. The molecule has 58 valence electrons. The zero-order valence-electron chi connectivity index (χ0n) is 7.19. The van der Waals surface area contributed by atoms with E-state index >= 15 is 0 Å². The molecule has 0 atom stereocenters. The summed E-state index contributed by atoms with van der Waals surface area (Å²) < 4.78 is 0. The van der Waals surface area contributed by atoms with Gasteiger partial charge in [0.2, 0.25) is 0 Å². The van der Waals surface area contributed by atoms with E-state index in [1.807, 2.05) is 0 Å². The first-order chi connectivity index (χ1) is 4.77. The zero-order valence-corrected chi connectivity index (χ0v) is 7.19. The monoisotopic (exact) mass is 138 g/mol. The van der Waals surface area contributed by atoms with Gasteiger partial charge in [-0.05, 0) is 39.5 Å². The average molecular weight is 138 g/mol. The van der Waals surface area contributed by atoms with Gasteiger partial charge in [-0.25, -0.2) is 0 Å². The van der Waals surface area contributed by atoms with Gasteiger partial charge >= 0.3 is 0 Å². The summed E-state index contributed by atoms with van der Waals surface area (Å²) in [5.41, 5.74) is 1.31. The van der Waals surface area contributed by atoms with E-state index in [0.717, 1.165) is 0 Å². The minimum Gasteiger partial charge on any atom is -0.100 e. The summed E-state index contributed by atoms with van der Waals surface area (Å²) in [7, 11) is 0. The fourth-order valence-corrected chi connectivity index (χ4v) is 0.856. The molecule has 0 saturated carbocycles. The molecule has 0 radical (unpaired) electrons. The van der Waals surface area contributed by atoms with Gasteiger partial charge in [0.25, 0.3) is 0 Å². The van der Waals surface area contributed by atoms with Crippen molar-refractivity contribution in [1.29, 1.82) is 0 Å². The topological polar surface area (TPSA) is 0 Å². The van der Waals surface area contributed by atoms with Gasteiger partial charge in [-0.2, -0.15) is 0 Å². The van der Waals surface area contributed by atoms with Crippen molar-refractivity contribution < 1.29 is 0 Å². The number of unbranched alkanes of at least 4 members (excludes halogenated alkanes) is 2. The summed E-state index contributed by atoms with van der Waals surface area (Å²) in [4.78, 5) is 0. The molecule has 0 aromatic heterocycles. The number of rotatable bonds is 5. The molecule has 0 nitrogen and oxygen atoms in total. The molecule has 0 aliphatic carbocycles. The van der Waals surface area contributed by atoms with Crippen molar-refractivity contribution >= 4 is 0 Å². The fraction of sp³-hybridized carbons (Fsp3) is 0.600. The van der Waals surface area contributed by atoms with E-state index in [4.69, 9.17) is 0 Å². The molecule has 0 aliphatic heterocycles. The lowest BCUT2D eigenvalue weighted by Gasteiger charge is -1.95. The maximum Gasteiger partial charge on any atom is -0.0326 e. The van der Waals surface area contributed by atoms with Crippen LogP contribution in [0.25, 0.3) is 0 Å². The van der Waals surface area contributed by atoms with Gasteiger partial charge in [-0.1, -0.05) is 17.7 Å². The Labute approximate surface area is 64.6 Å². The summed E-state index contributed by atoms with van der Waals surface area (Å²) >= 11 is 0. The second-order valence-electron chi connectivity index (χ2n) is 2.77. The Morgan fingerprint density at radius 1 is 1.40 bits per heavy atom. The van der Waals surface area contributed by atoms with Crippen molar-refractivity contribution in [2.75, 3.05) is 0 Å². The van der Waals surface area contributed by atoms with Gasteiger partial charge in [0, 0.05) is 0 Å². The molecular formula is C10H18. The minimum absolute atomic E-state index is 1.19. The molecular weight excluding hydrogens is 120 g/mol. The summed E-state index contributed by atoms with van der Waals surface area (Å²) in [6.45, 7) is 8.02. The molecule has 0 saturated heterocycles. The van der Waals surface area contributed by atoms with E-state index in [1.165, 1.54) is 31.3 Å². The largest absolute Gasteiger partial charge is 0.100 e. The molecule has 0 heteroatoms. The third-order valence-corrected chi connectivity index (χ3v) is 1.46. The standard InChI is InChI=1S/C10H18/c1-4-5-6-7-8-9-10(2)3/h4-5H,2,6-9H2,1,3H3/b5-4+. The fourth-order valence-electron chi connectivity index (χ4n) is 0.856. The second-order valence-corrected chi connectivity index (χ2v) is 2.77. The van der Waals surface area contributed by atoms with Crippen molar-refractivity contribution in [3.05, 3.63) is 24.3 Å². The summed E-state index contributed by atoms with van der Waals surface area (Å²) in [5, 5.41) is 0. The molecule has 0 aromatic rings. The molecule has 0 spiro atoms. The number of allylic oxidation sites excluding steroid dienone is 3. The highest BCUT2D eigenvalue weighted by Gasteiger charge is 1.85. The Morgan fingerprint density at radius 3 is 2.60 bits per heavy atom. The third kappa shape index (κ3) is 7.48. The van der Waals surface area contributed by atoms with Crippen molar-refractivity contribution in [1.82, 2.24) is 0 Å². The summed E-state index contributed by atoms with van der Waals surface area (Å²) in [6, 6.07) is 0. The SMILES string of the molecule is C=C(C)CCCC/C=C/C. The van der Waals surface area contributed by atoms with Crippen LogP contribution in [0.1, 0.15) is 39.5 Å². The Kier molecular flexibility index (Phi) is 6.25. The molecule has 0 fully saturated rings. The molecule has 10 heavy (non-hydrogen) atoms. The van der Waals surface area contributed by atoms with Crippen molar-refractivity contribution in [2.24, 2.45) is 0 Å². The van der Waals surface area contributed by atoms with E-state index in [9.17, 15) is 0 Å². The van der Waals surface area contributed by atoms with E-state index in [0.29, 0.717) is 0 Å². The van der Waals surface area contributed by atoms with Crippen molar-refractivity contribution in [3.63, 3.8) is 0 Å². The Bertz CT molecular complexity index is 109. The van der Waals surface area contributed by atoms with E-state index in [1.54, 1.807) is 0 Å². The number of hydrogen-bond acceptors (Lipinski definition) is 0. The van der Waals surface area contributed by atoms with Crippen LogP contribution < -0.4 is 0 Å². The quantitative estimate of drug-likeness (QED) is 0.401. The highest BCUT2D eigenvalue weighted by atomic mass is 13.9. The van der Waals surface area contributed by atoms with E-state index in [2.05, 4.69) is 32.6 Å².